The van der Waals surface area contributed by atoms with Crippen LogP contribution in [0.1, 0.15) is 16.0 Å². The molecule has 3 N–H and O–H groups in total. The summed E-state index contributed by atoms with van der Waals surface area (Å²) in [6, 6.07) is 5.23. The summed E-state index contributed by atoms with van der Waals surface area (Å²) in [6.45, 7) is 3.89. The van der Waals surface area contributed by atoms with Gasteiger partial charge in [-0.1, -0.05) is 0 Å². The van der Waals surface area contributed by atoms with Crippen LogP contribution >= 0.6 is 11.3 Å². The summed E-state index contributed by atoms with van der Waals surface area (Å²) in [5.41, 5.74) is 10.00. The Morgan fingerprint density at radius 2 is 2.15 bits per heavy atom. The van der Waals surface area contributed by atoms with E-state index < -0.39 is 5.91 Å². The molecule has 2 heterocycles. The van der Waals surface area contributed by atoms with E-state index in [0.717, 1.165) is 21.3 Å². The molecule has 27 heavy (non-hydrogen) atoms. The number of anilines is 1. The normalized spacial score (nSPS) is 11.1. The number of rotatable bonds is 7. The molecule has 0 aliphatic carbocycles. The Morgan fingerprint density at radius 1 is 1.33 bits per heavy atom. The molecule has 0 radical (unpaired) electrons. The zero-order chi connectivity index (χ0) is 19.4. The summed E-state index contributed by atoms with van der Waals surface area (Å²) < 4.78 is 10.6. The first kappa shape index (κ1) is 18.6. The first-order valence-electron chi connectivity index (χ1n) is 8.08. The van der Waals surface area contributed by atoms with E-state index in [1.165, 1.54) is 18.3 Å². The lowest BCUT2D eigenvalue weighted by molar-refractivity contribution is -0.119. The Labute approximate surface area is 160 Å². The van der Waals surface area contributed by atoms with Crippen LogP contribution in [-0.4, -0.2) is 35.8 Å². The molecule has 9 heteroatoms. The van der Waals surface area contributed by atoms with Gasteiger partial charge in [-0.3, -0.25) is 10.2 Å². The molecule has 8 nitrogen and oxygen atoms in total. The molecule has 1 aromatic carbocycles. The van der Waals surface area contributed by atoms with Crippen molar-refractivity contribution < 1.29 is 14.3 Å². The lowest BCUT2D eigenvalue weighted by Gasteiger charge is -2.09. The Bertz CT molecular complexity index is 1020. The van der Waals surface area contributed by atoms with E-state index in [-0.39, 0.29) is 6.61 Å². The van der Waals surface area contributed by atoms with Gasteiger partial charge < -0.3 is 15.2 Å². The van der Waals surface area contributed by atoms with Gasteiger partial charge >= 0.3 is 0 Å². The highest BCUT2D eigenvalue weighted by Gasteiger charge is 2.11. The van der Waals surface area contributed by atoms with Crippen LogP contribution in [0, 0.1) is 13.8 Å². The number of nitrogens with zero attached hydrogens (tertiary/aromatic N) is 3. The molecule has 3 rings (SSSR count). The van der Waals surface area contributed by atoms with Gasteiger partial charge in [-0.05, 0) is 43.2 Å². The average molecular weight is 385 g/mol. The van der Waals surface area contributed by atoms with E-state index in [9.17, 15) is 4.79 Å². The first-order chi connectivity index (χ1) is 13.0. The number of hydrogen-bond donors (Lipinski definition) is 2. The second-order valence-corrected chi connectivity index (χ2v) is 6.92. The number of aryl methyl sites for hydroxylation is 2. The van der Waals surface area contributed by atoms with Crippen LogP contribution < -0.4 is 20.6 Å². The van der Waals surface area contributed by atoms with Crippen molar-refractivity contribution in [3.63, 3.8) is 0 Å². The van der Waals surface area contributed by atoms with Crippen LogP contribution in [0.25, 0.3) is 10.2 Å². The van der Waals surface area contributed by atoms with Crippen molar-refractivity contribution in [2.75, 3.05) is 19.1 Å². The number of carbonyl (C=O) groups excluding carboxylic acids is 1. The zero-order valence-electron chi connectivity index (χ0n) is 15.1. The summed E-state index contributed by atoms with van der Waals surface area (Å²) in [5.74, 6) is 1.02. The van der Waals surface area contributed by atoms with Crippen molar-refractivity contribution >= 4 is 39.5 Å². The maximum atomic E-state index is 10.9. The van der Waals surface area contributed by atoms with Crippen LogP contribution in [0.15, 0.2) is 29.6 Å². The number of nitrogens with one attached hydrogen (secondary N) is 1. The lowest BCUT2D eigenvalue weighted by Crippen LogP contribution is -2.20. The highest BCUT2D eigenvalue weighted by atomic mass is 32.1. The number of ether oxygens (including phenoxy) is 2. The predicted molar refractivity (Wildman–Crippen MR) is 106 cm³/mol. The molecule has 1 amide bonds. The Hall–Kier alpha value is -3.20. The largest absolute Gasteiger partial charge is 0.493 e. The fourth-order valence-electron chi connectivity index (χ4n) is 2.47. The summed E-state index contributed by atoms with van der Waals surface area (Å²) in [5, 5.41) is 5.24. The number of fused-ring (bicyclic) bond motifs is 1. The maximum Gasteiger partial charge on any atom is 0.255 e. The standard InChI is InChI=1S/C18H19N5O3S/c1-10-11(2)27-18-16(10)17(20-9-21-18)23-22-7-12-4-5-13(14(6-12)25-3)26-8-15(19)24/h4-7,9H,8H2,1-3H3,(H2,19,24)(H,20,21,23)/b22-7+. The third-order valence-corrected chi connectivity index (χ3v) is 5.02. The molecule has 0 bridgehead atoms. The van der Waals surface area contributed by atoms with Crippen LogP contribution in [0.4, 0.5) is 5.82 Å². The van der Waals surface area contributed by atoms with Gasteiger partial charge in [0.2, 0.25) is 0 Å². The van der Waals surface area contributed by atoms with Crippen molar-refractivity contribution in [1.82, 2.24) is 9.97 Å². The Morgan fingerprint density at radius 3 is 2.89 bits per heavy atom. The molecule has 0 spiro atoms. The second-order valence-electron chi connectivity index (χ2n) is 5.72. The number of primary amides is 1. The third-order valence-electron chi connectivity index (χ3n) is 3.91. The van der Waals surface area contributed by atoms with Crippen LogP contribution in [0.3, 0.4) is 0 Å². The van der Waals surface area contributed by atoms with Crippen molar-refractivity contribution in [3.8, 4) is 11.5 Å². The molecule has 0 saturated carbocycles. The minimum Gasteiger partial charge on any atom is -0.493 e. The van der Waals surface area contributed by atoms with E-state index in [1.54, 1.807) is 35.8 Å². The fourth-order valence-corrected chi connectivity index (χ4v) is 3.46. The summed E-state index contributed by atoms with van der Waals surface area (Å²) in [4.78, 5) is 21.6. The van der Waals surface area contributed by atoms with Gasteiger partial charge in [-0.2, -0.15) is 5.10 Å². The van der Waals surface area contributed by atoms with E-state index in [2.05, 4.69) is 27.4 Å². The molecule has 0 aliphatic rings. The summed E-state index contributed by atoms with van der Waals surface area (Å²) in [7, 11) is 1.52. The highest BCUT2D eigenvalue weighted by molar-refractivity contribution is 7.18. The van der Waals surface area contributed by atoms with Crippen LogP contribution in [-0.2, 0) is 4.79 Å². The molecule has 2 aromatic heterocycles. The number of aromatic nitrogens is 2. The molecule has 0 atom stereocenters. The highest BCUT2D eigenvalue weighted by Crippen LogP contribution is 2.32. The molecule has 0 aliphatic heterocycles. The number of nitrogens with two attached hydrogens (primary N) is 1. The maximum absolute atomic E-state index is 10.9. The van der Waals surface area contributed by atoms with Crippen LogP contribution in [0.5, 0.6) is 11.5 Å². The van der Waals surface area contributed by atoms with E-state index in [0.29, 0.717) is 17.3 Å². The van der Waals surface area contributed by atoms with Gasteiger partial charge in [0.1, 0.15) is 11.2 Å². The summed E-state index contributed by atoms with van der Waals surface area (Å²) >= 11 is 1.63. The van der Waals surface area contributed by atoms with E-state index in [4.69, 9.17) is 15.2 Å². The third kappa shape index (κ3) is 4.14. The monoisotopic (exact) mass is 385 g/mol. The van der Waals surface area contributed by atoms with Gasteiger partial charge in [0, 0.05) is 4.88 Å². The second kappa shape index (κ2) is 8.00. The molecule has 3 aromatic rings. The molecule has 0 fully saturated rings. The number of methoxy groups -OCH3 is 1. The zero-order valence-corrected chi connectivity index (χ0v) is 16.0. The first-order valence-corrected chi connectivity index (χ1v) is 8.90. The van der Waals surface area contributed by atoms with Crippen LogP contribution in [0.2, 0.25) is 0 Å². The number of hydrogen-bond acceptors (Lipinski definition) is 8. The molecule has 140 valence electrons. The minimum atomic E-state index is -0.554. The average Bonchev–Trinajstić information content (AvgIpc) is 2.95. The smallest absolute Gasteiger partial charge is 0.255 e. The number of thiophene rings is 1. The number of benzene rings is 1. The Balaban J connectivity index is 1.78. The van der Waals surface area contributed by atoms with Crippen molar-refractivity contribution in [2.24, 2.45) is 10.8 Å². The van der Waals surface area contributed by atoms with Crippen molar-refractivity contribution in [2.45, 2.75) is 13.8 Å². The molecular weight excluding hydrogens is 366 g/mol. The fraction of sp³-hybridized carbons (Fsp3) is 0.222. The number of amides is 1. The van der Waals surface area contributed by atoms with Crippen molar-refractivity contribution in [3.05, 3.63) is 40.5 Å². The Kier molecular flexibility index (Phi) is 5.51. The molecular formula is C18H19N5O3S. The summed E-state index contributed by atoms with van der Waals surface area (Å²) in [6.07, 6.45) is 3.16. The molecule has 0 saturated heterocycles. The quantitative estimate of drug-likeness (QED) is 0.478. The van der Waals surface area contributed by atoms with Gasteiger partial charge in [0.05, 0.1) is 18.7 Å². The van der Waals surface area contributed by atoms with Gasteiger partial charge in [0.15, 0.2) is 23.9 Å². The van der Waals surface area contributed by atoms with Crippen molar-refractivity contribution in [1.29, 1.82) is 0 Å². The van der Waals surface area contributed by atoms with E-state index >= 15 is 0 Å². The minimum absolute atomic E-state index is 0.214. The number of carbonyl (C=O) groups is 1. The lowest BCUT2D eigenvalue weighted by atomic mass is 10.2. The predicted octanol–water partition coefficient (Wildman–Crippen LogP) is 2.63. The van der Waals surface area contributed by atoms with E-state index in [1.807, 2.05) is 6.92 Å². The SMILES string of the molecule is COc1cc(/C=N/Nc2ncnc3sc(C)c(C)c23)ccc1OCC(N)=O. The van der Waals surface area contributed by atoms with Gasteiger partial charge in [-0.15, -0.1) is 11.3 Å². The van der Waals surface area contributed by atoms with Gasteiger partial charge in [-0.25, -0.2) is 9.97 Å². The topological polar surface area (TPSA) is 112 Å². The molecule has 0 unspecified atom stereocenters. The number of hydrazone groups is 1. The van der Waals surface area contributed by atoms with Gasteiger partial charge in [0.25, 0.3) is 5.91 Å².